The Labute approximate surface area is 121 Å². The highest BCUT2D eigenvalue weighted by atomic mass is 16.1. The molecule has 0 atom stereocenters. The largest absolute Gasteiger partial charge is 0.372 e. The topological polar surface area (TPSA) is 54.0 Å². The predicted octanol–water partition coefficient (Wildman–Crippen LogP) is 3.21. The first-order valence-electron chi connectivity index (χ1n) is 7.68. The maximum Gasteiger partial charge on any atom is 0.255 e. The summed E-state index contributed by atoms with van der Waals surface area (Å²) in [7, 11) is 1.79. The van der Waals surface area contributed by atoms with E-state index in [0.717, 1.165) is 18.8 Å². The summed E-state index contributed by atoms with van der Waals surface area (Å²) in [6.45, 7) is 2.25. The van der Waals surface area contributed by atoms with E-state index in [0.29, 0.717) is 17.4 Å². The fourth-order valence-corrected chi connectivity index (χ4v) is 3.05. The van der Waals surface area contributed by atoms with Crippen LogP contribution in [0, 0.1) is 5.92 Å². The van der Waals surface area contributed by atoms with E-state index in [4.69, 9.17) is 0 Å². The number of carbonyl (C=O) groups excluding carboxylic acids is 1. The first-order valence-corrected chi connectivity index (χ1v) is 7.68. The summed E-state index contributed by atoms with van der Waals surface area (Å²) >= 11 is 0. The lowest BCUT2D eigenvalue weighted by Crippen LogP contribution is -2.38. The van der Waals surface area contributed by atoms with Gasteiger partial charge in [-0.15, -0.1) is 0 Å². The van der Waals surface area contributed by atoms with E-state index >= 15 is 0 Å². The summed E-state index contributed by atoms with van der Waals surface area (Å²) in [6, 6.07) is 3.94. The van der Waals surface area contributed by atoms with E-state index in [1.807, 2.05) is 6.07 Å². The molecule has 1 amide bonds. The fraction of sp³-hybridized carbons (Fsp3) is 0.625. The van der Waals surface area contributed by atoms with Gasteiger partial charge in [0.15, 0.2) is 0 Å². The Balaban J connectivity index is 1.89. The van der Waals surface area contributed by atoms with Gasteiger partial charge in [0, 0.05) is 19.3 Å². The minimum absolute atomic E-state index is 0.0126. The summed E-state index contributed by atoms with van der Waals surface area (Å²) in [5.41, 5.74) is 0.630. The van der Waals surface area contributed by atoms with Crippen molar-refractivity contribution in [3.63, 3.8) is 0 Å². The predicted molar refractivity (Wildman–Crippen MR) is 81.9 cm³/mol. The van der Waals surface area contributed by atoms with Crippen LogP contribution in [0.3, 0.4) is 0 Å². The van der Waals surface area contributed by atoms with Gasteiger partial charge < -0.3 is 10.6 Å². The number of nitrogens with zero attached hydrogens (tertiary/aromatic N) is 1. The standard InChI is InChI=1S/C16H25N3O/c1-3-5-12-7-9-13(10-8-12)19-16(20)14-6-4-11-18-15(14)17-2/h4,6,11-13H,3,5,7-10H2,1-2H3,(H,17,18)(H,19,20). The van der Waals surface area contributed by atoms with Crippen molar-refractivity contribution in [3.05, 3.63) is 23.9 Å². The molecule has 4 nitrogen and oxygen atoms in total. The summed E-state index contributed by atoms with van der Waals surface area (Å²) in [6.07, 6.45) is 8.97. The van der Waals surface area contributed by atoms with Gasteiger partial charge in [-0.25, -0.2) is 4.98 Å². The summed E-state index contributed by atoms with van der Waals surface area (Å²) in [5.74, 6) is 1.49. The van der Waals surface area contributed by atoms with Crippen LogP contribution < -0.4 is 10.6 Å². The third-order valence-corrected chi connectivity index (χ3v) is 4.17. The number of nitrogens with one attached hydrogen (secondary N) is 2. The molecule has 1 aliphatic rings. The Kier molecular flexibility index (Phi) is 5.39. The smallest absolute Gasteiger partial charge is 0.255 e. The van der Waals surface area contributed by atoms with E-state index in [2.05, 4.69) is 22.5 Å². The second-order valence-corrected chi connectivity index (χ2v) is 5.63. The summed E-state index contributed by atoms with van der Waals surface area (Å²) in [4.78, 5) is 16.5. The van der Waals surface area contributed by atoms with Crippen LogP contribution in [0.25, 0.3) is 0 Å². The van der Waals surface area contributed by atoms with Gasteiger partial charge in [0.25, 0.3) is 5.91 Å². The zero-order valence-electron chi connectivity index (χ0n) is 12.5. The molecule has 1 aliphatic carbocycles. The lowest BCUT2D eigenvalue weighted by Gasteiger charge is -2.29. The van der Waals surface area contributed by atoms with Crippen LogP contribution in [0.2, 0.25) is 0 Å². The number of pyridine rings is 1. The third kappa shape index (κ3) is 3.71. The molecule has 0 aliphatic heterocycles. The first kappa shape index (κ1) is 14.8. The molecule has 0 saturated heterocycles. The van der Waals surface area contributed by atoms with Gasteiger partial charge in [-0.3, -0.25) is 4.79 Å². The molecule has 1 fully saturated rings. The van der Waals surface area contributed by atoms with Crippen LogP contribution in [-0.2, 0) is 0 Å². The zero-order valence-corrected chi connectivity index (χ0v) is 12.5. The highest BCUT2D eigenvalue weighted by Gasteiger charge is 2.23. The maximum atomic E-state index is 12.3. The van der Waals surface area contributed by atoms with Gasteiger partial charge in [0.1, 0.15) is 5.82 Å². The van der Waals surface area contributed by atoms with Gasteiger partial charge in [-0.1, -0.05) is 19.8 Å². The van der Waals surface area contributed by atoms with Crippen molar-refractivity contribution in [1.82, 2.24) is 10.3 Å². The first-order chi connectivity index (χ1) is 9.74. The number of amides is 1. The van der Waals surface area contributed by atoms with Crippen LogP contribution in [0.1, 0.15) is 55.8 Å². The number of carbonyl (C=O) groups is 1. The molecule has 0 bridgehead atoms. The molecule has 1 saturated carbocycles. The highest BCUT2D eigenvalue weighted by Crippen LogP contribution is 2.28. The maximum absolute atomic E-state index is 12.3. The van der Waals surface area contributed by atoms with E-state index in [1.54, 1.807) is 19.3 Å². The Bertz CT molecular complexity index is 439. The van der Waals surface area contributed by atoms with Crippen molar-refractivity contribution in [2.75, 3.05) is 12.4 Å². The van der Waals surface area contributed by atoms with Gasteiger partial charge >= 0.3 is 0 Å². The molecule has 1 aromatic rings. The molecule has 4 heteroatoms. The van der Waals surface area contributed by atoms with Crippen LogP contribution >= 0.6 is 0 Å². The monoisotopic (exact) mass is 275 g/mol. The van der Waals surface area contributed by atoms with E-state index in [1.165, 1.54) is 25.7 Å². The molecule has 1 heterocycles. The molecule has 0 spiro atoms. The average Bonchev–Trinajstić information content (AvgIpc) is 2.49. The second-order valence-electron chi connectivity index (χ2n) is 5.63. The average molecular weight is 275 g/mol. The molecule has 0 radical (unpaired) electrons. The normalized spacial score (nSPS) is 22.3. The molecular formula is C16H25N3O. The Hall–Kier alpha value is -1.58. The molecule has 110 valence electrons. The van der Waals surface area contributed by atoms with Crippen LogP contribution in [0.15, 0.2) is 18.3 Å². The lowest BCUT2D eigenvalue weighted by molar-refractivity contribution is 0.0921. The van der Waals surface area contributed by atoms with Gasteiger partial charge in [0.2, 0.25) is 0 Å². The second kappa shape index (κ2) is 7.27. The molecule has 2 N–H and O–H groups in total. The molecule has 1 aromatic heterocycles. The van der Waals surface area contributed by atoms with Crippen molar-refractivity contribution in [2.24, 2.45) is 5.92 Å². The molecule has 0 unspecified atom stereocenters. The van der Waals surface area contributed by atoms with Crippen molar-refractivity contribution in [1.29, 1.82) is 0 Å². The lowest BCUT2D eigenvalue weighted by atomic mass is 9.83. The molecule has 2 rings (SSSR count). The van der Waals surface area contributed by atoms with Crippen LogP contribution in [0.5, 0.6) is 0 Å². The molecular weight excluding hydrogens is 250 g/mol. The van der Waals surface area contributed by atoms with Crippen molar-refractivity contribution < 1.29 is 4.79 Å². The number of hydrogen-bond donors (Lipinski definition) is 2. The molecule has 20 heavy (non-hydrogen) atoms. The van der Waals surface area contributed by atoms with Gasteiger partial charge in [-0.05, 0) is 43.7 Å². The van der Waals surface area contributed by atoms with Crippen molar-refractivity contribution in [2.45, 2.75) is 51.5 Å². The molecule has 0 aromatic carbocycles. The summed E-state index contributed by atoms with van der Waals surface area (Å²) < 4.78 is 0. The van der Waals surface area contributed by atoms with Crippen LogP contribution in [-0.4, -0.2) is 24.0 Å². The van der Waals surface area contributed by atoms with E-state index in [9.17, 15) is 4.79 Å². The Morgan fingerprint density at radius 2 is 2.10 bits per heavy atom. The van der Waals surface area contributed by atoms with Crippen molar-refractivity contribution >= 4 is 11.7 Å². The third-order valence-electron chi connectivity index (χ3n) is 4.17. The number of aromatic nitrogens is 1. The highest BCUT2D eigenvalue weighted by molar-refractivity contribution is 5.98. The van der Waals surface area contributed by atoms with Crippen LogP contribution in [0.4, 0.5) is 5.82 Å². The Morgan fingerprint density at radius 1 is 1.35 bits per heavy atom. The zero-order chi connectivity index (χ0) is 14.4. The number of anilines is 1. The number of hydrogen-bond acceptors (Lipinski definition) is 3. The minimum Gasteiger partial charge on any atom is -0.372 e. The van der Waals surface area contributed by atoms with E-state index < -0.39 is 0 Å². The van der Waals surface area contributed by atoms with Gasteiger partial charge in [0.05, 0.1) is 5.56 Å². The van der Waals surface area contributed by atoms with Crippen molar-refractivity contribution in [3.8, 4) is 0 Å². The SMILES string of the molecule is CCCC1CCC(NC(=O)c2cccnc2NC)CC1. The van der Waals surface area contributed by atoms with Gasteiger partial charge in [-0.2, -0.15) is 0 Å². The van der Waals surface area contributed by atoms with E-state index in [-0.39, 0.29) is 5.91 Å². The fourth-order valence-electron chi connectivity index (χ4n) is 3.05. The summed E-state index contributed by atoms with van der Waals surface area (Å²) in [5, 5.41) is 6.12. The Morgan fingerprint density at radius 3 is 2.75 bits per heavy atom. The number of rotatable bonds is 5. The quantitative estimate of drug-likeness (QED) is 0.867. The minimum atomic E-state index is -0.0126.